The van der Waals surface area contributed by atoms with E-state index in [9.17, 15) is 4.79 Å². The molecule has 11 heteroatoms. The predicted octanol–water partition coefficient (Wildman–Crippen LogP) is 9.92. The van der Waals surface area contributed by atoms with Gasteiger partial charge < -0.3 is 25.3 Å². The summed E-state index contributed by atoms with van der Waals surface area (Å²) in [5, 5.41) is 8.62. The van der Waals surface area contributed by atoms with E-state index in [1.165, 1.54) is 16.9 Å². The standard InChI is InChI=1S/C23H26N2O3S.C18H18N2OS.ClH/c1-23(2,3)28-22(26)25-20(21-24-13-14-29-21)15-17-9-11-19(12-10-17)27-16-18-7-5-4-6-8-18;19-17(18-20-10-11-22-18)12-14-6-8-16(9-7-14)21-13-15-4-2-1-3-5-15;/h4-14,20H,15-16H2,1-3H3,(H,25,26);1-11,17H,12-13,19H2;1H/t20-;17-;/m00./s1. The minimum Gasteiger partial charge on any atom is -0.489 e. The van der Waals surface area contributed by atoms with Crippen molar-refractivity contribution < 1.29 is 19.0 Å². The van der Waals surface area contributed by atoms with Gasteiger partial charge in [-0.15, -0.1) is 35.1 Å². The molecule has 6 rings (SSSR count). The van der Waals surface area contributed by atoms with Crippen LogP contribution >= 0.6 is 35.1 Å². The Morgan fingerprint density at radius 1 is 0.673 bits per heavy atom. The van der Waals surface area contributed by atoms with Gasteiger partial charge in [0.15, 0.2) is 0 Å². The van der Waals surface area contributed by atoms with Crippen molar-refractivity contribution >= 4 is 41.2 Å². The Labute approximate surface area is 320 Å². The molecule has 0 fully saturated rings. The van der Waals surface area contributed by atoms with Crippen LogP contribution in [-0.2, 0) is 30.8 Å². The average Bonchev–Trinajstić information content (AvgIpc) is 3.87. The lowest BCUT2D eigenvalue weighted by Gasteiger charge is -2.23. The molecule has 0 aliphatic rings. The van der Waals surface area contributed by atoms with Gasteiger partial charge in [-0.05, 0) is 80.1 Å². The number of halogens is 1. The molecule has 1 amide bonds. The van der Waals surface area contributed by atoms with Crippen molar-refractivity contribution in [1.29, 1.82) is 0 Å². The maximum atomic E-state index is 12.3. The number of rotatable bonds is 13. The van der Waals surface area contributed by atoms with Crippen molar-refractivity contribution in [3.63, 3.8) is 0 Å². The maximum Gasteiger partial charge on any atom is 0.408 e. The minimum absolute atomic E-state index is 0. The van der Waals surface area contributed by atoms with Crippen molar-refractivity contribution in [3.8, 4) is 11.5 Å². The Morgan fingerprint density at radius 3 is 1.58 bits per heavy atom. The van der Waals surface area contributed by atoms with Crippen molar-refractivity contribution in [2.24, 2.45) is 5.73 Å². The second-order valence-electron chi connectivity index (χ2n) is 12.8. The summed E-state index contributed by atoms with van der Waals surface area (Å²) in [6.07, 6.45) is 4.49. The van der Waals surface area contributed by atoms with Gasteiger partial charge in [-0.2, -0.15) is 0 Å². The highest BCUT2D eigenvalue weighted by molar-refractivity contribution is 7.09. The molecular formula is C41H45ClN4O4S2. The molecule has 6 aromatic rings. The lowest BCUT2D eigenvalue weighted by molar-refractivity contribution is 0.0503. The van der Waals surface area contributed by atoms with Gasteiger partial charge in [0.05, 0.1) is 12.1 Å². The number of hydrogen-bond donors (Lipinski definition) is 2. The van der Waals surface area contributed by atoms with Gasteiger partial charge in [-0.3, -0.25) is 0 Å². The lowest BCUT2D eigenvalue weighted by atomic mass is 10.1. The summed E-state index contributed by atoms with van der Waals surface area (Å²) in [5.41, 5.74) is 10.2. The van der Waals surface area contributed by atoms with Gasteiger partial charge >= 0.3 is 6.09 Å². The summed E-state index contributed by atoms with van der Waals surface area (Å²) in [6.45, 7) is 6.65. The summed E-state index contributed by atoms with van der Waals surface area (Å²) in [6, 6.07) is 35.9. The third-order valence-electron chi connectivity index (χ3n) is 7.45. The fraction of sp³-hybridized carbons (Fsp3) is 0.244. The first-order valence-corrected chi connectivity index (χ1v) is 18.5. The number of carbonyl (C=O) groups excluding carboxylic acids is 1. The second kappa shape index (κ2) is 20.3. The lowest BCUT2D eigenvalue weighted by Crippen LogP contribution is -2.35. The van der Waals surface area contributed by atoms with Gasteiger partial charge in [0.1, 0.15) is 40.3 Å². The average molecular weight is 757 g/mol. The van der Waals surface area contributed by atoms with E-state index in [-0.39, 0.29) is 24.5 Å². The zero-order valence-corrected chi connectivity index (χ0v) is 32.0. The monoisotopic (exact) mass is 756 g/mol. The number of aromatic nitrogens is 2. The molecule has 272 valence electrons. The zero-order chi connectivity index (χ0) is 35.9. The summed E-state index contributed by atoms with van der Waals surface area (Å²) in [5.74, 6) is 1.68. The molecule has 0 saturated carbocycles. The van der Waals surface area contributed by atoms with Crippen LogP contribution in [0.2, 0.25) is 0 Å². The molecule has 3 N–H and O–H groups in total. The van der Waals surface area contributed by atoms with E-state index in [1.807, 2.05) is 116 Å². The van der Waals surface area contributed by atoms with Gasteiger partial charge in [-0.25, -0.2) is 14.8 Å². The number of amides is 1. The van der Waals surface area contributed by atoms with E-state index in [1.54, 1.807) is 23.7 Å². The Morgan fingerprint density at radius 2 is 1.13 bits per heavy atom. The Hall–Kier alpha value is -4.74. The first kappa shape index (κ1) is 40.0. The quantitative estimate of drug-likeness (QED) is 0.121. The zero-order valence-electron chi connectivity index (χ0n) is 29.5. The number of hydrogen-bond acceptors (Lipinski definition) is 9. The molecule has 0 saturated heterocycles. The molecule has 8 nitrogen and oxygen atoms in total. The van der Waals surface area contributed by atoms with Crippen LogP contribution in [0.1, 0.15) is 65.1 Å². The van der Waals surface area contributed by atoms with Crippen molar-refractivity contribution in [2.75, 3.05) is 0 Å². The first-order valence-electron chi connectivity index (χ1n) is 16.8. The smallest absolute Gasteiger partial charge is 0.408 e. The summed E-state index contributed by atoms with van der Waals surface area (Å²) < 4.78 is 17.0. The Bertz CT molecular complexity index is 1850. The molecule has 52 heavy (non-hydrogen) atoms. The number of thiazole rings is 2. The molecule has 2 aromatic heterocycles. The molecule has 0 unspecified atom stereocenters. The van der Waals surface area contributed by atoms with E-state index in [2.05, 4.69) is 39.6 Å². The van der Waals surface area contributed by atoms with Crippen molar-refractivity contribution in [3.05, 3.63) is 165 Å². The molecule has 0 aliphatic carbocycles. The van der Waals surface area contributed by atoms with Crippen LogP contribution in [0.5, 0.6) is 11.5 Å². The molecule has 0 aliphatic heterocycles. The van der Waals surface area contributed by atoms with Gasteiger partial charge in [0, 0.05) is 23.2 Å². The van der Waals surface area contributed by atoms with Crippen LogP contribution in [-0.4, -0.2) is 21.7 Å². The number of ether oxygens (including phenoxy) is 3. The third kappa shape index (κ3) is 13.8. The molecule has 2 atom stereocenters. The van der Waals surface area contributed by atoms with Gasteiger partial charge in [0.25, 0.3) is 0 Å². The van der Waals surface area contributed by atoms with E-state index in [0.717, 1.165) is 44.6 Å². The summed E-state index contributed by atoms with van der Waals surface area (Å²) in [7, 11) is 0. The summed E-state index contributed by atoms with van der Waals surface area (Å²) in [4.78, 5) is 20.9. The molecule has 0 bridgehead atoms. The van der Waals surface area contributed by atoms with E-state index in [4.69, 9.17) is 19.9 Å². The predicted molar refractivity (Wildman–Crippen MR) is 212 cm³/mol. The first-order chi connectivity index (χ1) is 24.7. The van der Waals surface area contributed by atoms with Crippen LogP contribution in [0.25, 0.3) is 0 Å². The van der Waals surface area contributed by atoms with E-state index < -0.39 is 11.7 Å². The highest BCUT2D eigenvalue weighted by Crippen LogP contribution is 2.24. The molecule has 0 spiro atoms. The molecule has 0 radical (unpaired) electrons. The van der Waals surface area contributed by atoms with Crippen LogP contribution < -0.4 is 20.5 Å². The minimum atomic E-state index is -0.546. The number of nitrogens with two attached hydrogens (primary N) is 1. The number of nitrogens with zero attached hydrogens (tertiary/aromatic N) is 2. The van der Waals surface area contributed by atoms with Gasteiger partial charge in [-0.1, -0.05) is 84.9 Å². The number of nitrogens with one attached hydrogen (secondary N) is 1. The second-order valence-corrected chi connectivity index (χ2v) is 14.6. The van der Waals surface area contributed by atoms with Crippen LogP contribution in [0, 0.1) is 0 Å². The topological polar surface area (TPSA) is 109 Å². The largest absolute Gasteiger partial charge is 0.489 e. The van der Waals surface area contributed by atoms with Crippen molar-refractivity contribution in [1.82, 2.24) is 15.3 Å². The van der Waals surface area contributed by atoms with Crippen LogP contribution in [0.3, 0.4) is 0 Å². The Kier molecular flexibility index (Phi) is 15.7. The number of benzene rings is 4. The normalized spacial score (nSPS) is 11.9. The molecule has 2 heterocycles. The van der Waals surface area contributed by atoms with E-state index in [0.29, 0.717) is 19.6 Å². The molecule has 4 aromatic carbocycles. The fourth-order valence-corrected chi connectivity index (χ4v) is 6.31. The number of carbonyl (C=O) groups is 1. The Balaban J connectivity index is 0.000000236. The van der Waals surface area contributed by atoms with Crippen LogP contribution in [0.15, 0.2) is 132 Å². The number of alkyl carbamates (subject to hydrolysis) is 1. The maximum absolute atomic E-state index is 12.3. The molecular weight excluding hydrogens is 712 g/mol. The summed E-state index contributed by atoms with van der Waals surface area (Å²) >= 11 is 3.11. The van der Waals surface area contributed by atoms with Gasteiger partial charge in [0.2, 0.25) is 0 Å². The van der Waals surface area contributed by atoms with Crippen molar-refractivity contribution in [2.45, 2.75) is 64.5 Å². The van der Waals surface area contributed by atoms with Crippen LogP contribution in [0.4, 0.5) is 4.79 Å². The third-order valence-corrected chi connectivity index (χ3v) is 9.24. The fourth-order valence-electron chi connectivity index (χ4n) is 4.98. The van der Waals surface area contributed by atoms with E-state index >= 15 is 0 Å². The SMILES string of the molecule is CC(C)(C)OC(=O)N[C@@H](Cc1ccc(OCc2ccccc2)cc1)c1nccs1.Cl.N[C@@H](Cc1ccc(OCc2ccccc2)cc1)c1nccs1. The highest BCUT2D eigenvalue weighted by Gasteiger charge is 2.22. The highest BCUT2D eigenvalue weighted by atomic mass is 35.5.